The molecule has 4 heteroatoms. The van der Waals surface area contributed by atoms with Crippen LogP contribution in [0.3, 0.4) is 0 Å². The monoisotopic (exact) mass is 234 g/mol. The van der Waals surface area contributed by atoms with Crippen LogP contribution in [-0.2, 0) is 19.0 Å². The van der Waals surface area contributed by atoms with Crippen molar-refractivity contribution in [3.05, 3.63) is 35.9 Å². The molecule has 0 saturated carbocycles. The third kappa shape index (κ3) is 2.11. The van der Waals surface area contributed by atoms with Gasteiger partial charge in [-0.25, -0.2) is 0 Å². The summed E-state index contributed by atoms with van der Waals surface area (Å²) in [7, 11) is 0. The number of fused-ring (bicyclic) bond motifs is 1. The number of ketones is 1. The molecule has 2 aliphatic rings. The van der Waals surface area contributed by atoms with Crippen molar-refractivity contribution in [3.8, 4) is 0 Å². The Bertz CT molecular complexity index is 403. The van der Waals surface area contributed by atoms with Gasteiger partial charge in [-0.3, -0.25) is 4.79 Å². The minimum absolute atomic E-state index is 0.116. The number of hydrogen-bond donors (Lipinski definition) is 0. The van der Waals surface area contributed by atoms with Gasteiger partial charge in [0.15, 0.2) is 12.1 Å². The van der Waals surface area contributed by atoms with Crippen LogP contribution >= 0.6 is 0 Å². The van der Waals surface area contributed by atoms with Crippen LogP contribution in [0.15, 0.2) is 30.3 Å². The van der Waals surface area contributed by atoms with Crippen LogP contribution in [-0.4, -0.2) is 31.2 Å². The van der Waals surface area contributed by atoms with E-state index in [0.29, 0.717) is 19.6 Å². The highest BCUT2D eigenvalue weighted by atomic mass is 16.7. The van der Waals surface area contributed by atoms with E-state index >= 15 is 0 Å². The Morgan fingerprint density at radius 1 is 1.12 bits per heavy atom. The number of hydrogen-bond acceptors (Lipinski definition) is 4. The third-order valence-corrected chi connectivity index (χ3v) is 3.09. The van der Waals surface area contributed by atoms with Crippen LogP contribution in [0.25, 0.3) is 0 Å². The molecule has 0 aliphatic carbocycles. The van der Waals surface area contributed by atoms with Gasteiger partial charge in [0.05, 0.1) is 13.2 Å². The first-order valence-corrected chi connectivity index (χ1v) is 5.81. The summed E-state index contributed by atoms with van der Waals surface area (Å²) in [5, 5.41) is 0. The van der Waals surface area contributed by atoms with Gasteiger partial charge in [-0.2, -0.15) is 0 Å². The molecule has 0 radical (unpaired) electrons. The molecule has 4 nitrogen and oxygen atoms in total. The zero-order valence-electron chi connectivity index (χ0n) is 9.37. The molecule has 2 heterocycles. The Morgan fingerprint density at radius 3 is 2.76 bits per heavy atom. The Morgan fingerprint density at radius 2 is 1.94 bits per heavy atom. The van der Waals surface area contributed by atoms with E-state index in [1.807, 2.05) is 30.3 Å². The van der Waals surface area contributed by atoms with Gasteiger partial charge < -0.3 is 14.2 Å². The van der Waals surface area contributed by atoms with E-state index in [-0.39, 0.29) is 11.9 Å². The normalized spacial score (nSPS) is 33.2. The van der Waals surface area contributed by atoms with E-state index in [0.717, 1.165) is 5.56 Å². The summed E-state index contributed by atoms with van der Waals surface area (Å²) in [4.78, 5) is 11.7. The quantitative estimate of drug-likeness (QED) is 0.738. The molecular formula is C13H14O4. The molecule has 90 valence electrons. The van der Waals surface area contributed by atoms with Gasteiger partial charge in [0.1, 0.15) is 12.2 Å². The lowest BCUT2D eigenvalue weighted by atomic mass is 10.0. The molecular weight excluding hydrogens is 220 g/mol. The summed E-state index contributed by atoms with van der Waals surface area (Å²) in [6.07, 6.45) is -0.732. The van der Waals surface area contributed by atoms with Crippen LogP contribution in [0.1, 0.15) is 18.3 Å². The molecule has 3 atom stereocenters. The van der Waals surface area contributed by atoms with Crippen LogP contribution in [0.5, 0.6) is 0 Å². The van der Waals surface area contributed by atoms with Crippen molar-refractivity contribution in [1.29, 1.82) is 0 Å². The first-order valence-electron chi connectivity index (χ1n) is 5.81. The van der Waals surface area contributed by atoms with Crippen LogP contribution in [0.2, 0.25) is 0 Å². The molecule has 1 unspecified atom stereocenters. The zero-order valence-corrected chi connectivity index (χ0v) is 9.37. The van der Waals surface area contributed by atoms with Crippen molar-refractivity contribution >= 4 is 5.78 Å². The lowest BCUT2D eigenvalue weighted by Gasteiger charge is -2.38. The first-order chi connectivity index (χ1) is 8.34. The Labute approximate surface area is 99.5 Å². The lowest BCUT2D eigenvalue weighted by Crippen LogP contribution is -2.50. The van der Waals surface area contributed by atoms with Crippen molar-refractivity contribution in [3.63, 3.8) is 0 Å². The van der Waals surface area contributed by atoms with Gasteiger partial charge in [-0.05, 0) is 0 Å². The van der Waals surface area contributed by atoms with Crippen molar-refractivity contribution in [2.45, 2.75) is 24.9 Å². The summed E-state index contributed by atoms with van der Waals surface area (Å²) in [5.74, 6) is 0.116. The predicted octanol–water partition coefficient (Wildman–Crippen LogP) is 1.46. The molecule has 2 saturated heterocycles. The Kier molecular flexibility index (Phi) is 2.93. The highest BCUT2D eigenvalue weighted by Gasteiger charge is 2.40. The molecule has 2 aliphatic heterocycles. The lowest BCUT2D eigenvalue weighted by molar-refractivity contribution is -0.266. The molecule has 1 aromatic rings. The van der Waals surface area contributed by atoms with Gasteiger partial charge in [0.2, 0.25) is 0 Å². The van der Waals surface area contributed by atoms with Gasteiger partial charge in [-0.15, -0.1) is 0 Å². The fraction of sp³-hybridized carbons (Fsp3) is 0.462. The topological polar surface area (TPSA) is 44.8 Å². The fourth-order valence-electron chi connectivity index (χ4n) is 2.19. The van der Waals surface area contributed by atoms with E-state index in [9.17, 15) is 4.79 Å². The highest BCUT2D eigenvalue weighted by Crippen LogP contribution is 2.30. The first kappa shape index (κ1) is 10.9. The average Bonchev–Trinajstić information content (AvgIpc) is 2.40. The van der Waals surface area contributed by atoms with E-state index < -0.39 is 12.4 Å². The van der Waals surface area contributed by atoms with Gasteiger partial charge in [0, 0.05) is 12.0 Å². The maximum atomic E-state index is 11.7. The van der Waals surface area contributed by atoms with Gasteiger partial charge in [-0.1, -0.05) is 30.3 Å². The minimum atomic E-state index is -0.470. The molecule has 17 heavy (non-hydrogen) atoms. The molecule has 0 spiro atoms. The number of benzene rings is 1. The zero-order chi connectivity index (χ0) is 11.7. The molecule has 0 bridgehead atoms. The summed E-state index contributed by atoms with van der Waals surface area (Å²) < 4.78 is 16.7. The molecule has 3 rings (SSSR count). The summed E-state index contributed by atoms with van der Waals surface area (Å²) in [6, 6.07) is 9.64. The molecule has 0 aromatic heterocycles. The summed E-state index contributed by atoms with van der Waals surface area (Å²) in [5.41, 5.74) is 0.935. The predicted molar refractivity (Wildman–Crippen MR) is 59.4 cm³/mol. The Hall–Kier alpha value is -1.23. The second-order valence-electron chi connectivity index (χ2n) is 4.26. The second kappa shape index (κ2) is 4.56. The number of carbonyl (C=O) groups is 1. The van der Waals surface area contributed by atoms with Crippen LogP contribution in [0, 0.1) is 0 Å². The van der Waals surface area contributed by atoms with Crippen LogP contribution < -0.4 is 0 Å². The van der Waals surface area contributed by atoms with E-state index in [1.54, 1.807) is 0 Å². The van der Waals surface area contributed by atoms with Gasteiger partial charge in [0.25, 0.3) is 0 Å². The van der Waals surface area contributed by atoms with Crippen molar-refractivity contribution in [2.24, 2.45) is 0 Å². The molecule has 1 aromatic carbocycles. The third-order valence-electron chi connectivity index (χ3n) is 3.09. The molecule has 2 fully saturated rings. The van der Waals surface area contributed by atoms with E-state index in [4.69, 9.17) is 14.2 Å². The Balaban J connectivity index is 1.76. The van der Waals surface area contributed by atoms with Crippen molar-refractivity contribution < 1.29 is 19.0 Å². The van der Waals surface area contributed by atoms with Crippen molar-refractivity contribution in [1.82, 2.24) is 0 Å². The average molecular weight is 234 g/mol. The maximum absolute atomic E-state index is 11.7. The minimum Gasteiger partial charge on any atom is -0.372 e. The smallest absolute Gasteiger partial charge is 0.184 e. The molecule has 0 N–H and O–H groups in total. The van der Waals surface area contributed by atoms with E-state index in [1.165, 1.54) is 0 Å². The summed E-state index contributed by atoms with van der Waals surface area (Å²) in [6.45, 7) is 0.888. The maximum Gasteiger partial charge on any atom is 0.184 e. The number of Topliss-reactive ketones (excluding diaryl/α,β-unsaturated/α-hetero) is 1. The standard InChI is InChI=1S/C13H14O4/c14-10-6-7-15-11-8-16-13(17-12(10)11)9-4-2-1-3-5-9/h1-5,11-13H,6-8H2/t11-,12?,13-/m1/s1. The SMILES string of the molecule is O=C1CCO[C@@H]2CO[C@@H](c3ccccc3)OC12. The highest BCUT2D eigenvalue weighted by molar-refractivity contribution is 5.84. The number of rotatable bonds is 1. The van der Waals surface area contributed by atoms with Crippen molar-refractivity contribution in [2.75, 3.05) is 13.2 Å². The van der Waals surface area contributed by atoms with Crippen LogP contribution in [0.4, 0.5) is 0 Å². The fourth-order valence-corrected chi connectivity index (χ4v) is 2.19. The molecule has 0 amide bonds. The second-order valence-corrected chi connectivity index (χ2v) is 4.26. The largest absolute Gasteiger partial charge is 0.372 e. The summed E-state index contributed by atoms with van der Waals surface area (Å²) >= 11 is 0. The van der Waals surface area contributed by atoms with Gasteiger partial charge >= 0.3 is 0 Å². The number of carbonyl (C=O) groups excluding carboxylic acids is 1. The van der Waals surface area contributed by atoms with E-state index in [2.05, 4.69) is 0 Å². The number of ether oxygens (including phenoxy) is 3.